The molecule has 1 heterocycles. The molecule has 2 rings (SSSR count). The van der Waals surface area contributed by atoms with Gasteiger partial charge in [-0.05, 0) is 18.1 Å². The van der Waals surface area contributed by atoms with Crippen LogP contribution >= 0.6 is 0 Å². The number of aryl methyl sites for hydroxylation is 1. The molecule has 0 saturated carbocycles. The van der Waals surface area contributed by atoms with Gasteiger partial charge in [-0.3, -0.25) is 9.48 Å². The molecule has 18 heavy (non-hydrogen) atoms. The minimum absolute atomic E-state index is 0.126. The third-order valence-electron chi connectivity index (χ3n) is 3.10. The van der Waals surface area contributed by atoms with Gasteiger partial charge in [0.15, 0.2) is 5.78 Å². The summed E-state index contributed by atoms with van der Waals surface area (Å²) < 4.78 is 1.79. The smallest absolute Gasteiger partial charge is 0.187 e. The van der Waals surface area contributed by atoms with Crippen LogP contribution in [0.5, 0.6) is 0 Å². The Kier molecular flexibility index (Phi) is 3.92. The fraction of sp³-hybridized carbons (Fsp3) is 0.333. The second kappa shape index (κ2) is 5.63. The molecule has 0 radical (unpaired) electrons. The largest absolute Gasteiger partial charge is 0.292 e. The van der Waals surface area contributed by atoms with Crippen molar-refractivity contribution in [3.8, 4) is 0 Å². The van der Waals surface area contributed by atoms with Gasteiger partial charge in [-0.1, -0.05) is 44.2 Å². The normalized spacial score (nSPS) is 12.3. The average Bonchev–Trinajstić information content (AvgIpc) is 2.87. The zero-order valence-corrected chi connectivity index (χ0v) is 10.8. The van der Waals surface area contributed by atoms with E-state index in [1.165, 1.54) is 0 Å². The van der Waals surface area contributed by atoms with E-state index < -0.39 is 0 Å². The van der Waals surface area contributed by atoms with Crippen LogP contribution in [0.25, 0.3) is 0 Å². The third kappa shape index (κ3) is 2.50. The molecular formula is C15H18N2O. The Bertz CT molecular complexity index is 516. The number of Topliss-reactive ketones (excluding diaryl/α,β-unsaturated/α-hetero) is 1. The summed E-state index contributed by atoms with van der Waals surface area (Å²) in [7, 11) is 0. The standard InChI is InChI=1S/C15H18N2O/c1-3-11-17-14(9-10-16-17)15(18)12(2)13-7-5-4-6-8-13/h4-10,12H,3,11H2,1-2H3. The molecule has 0 amide bonds. The lowest BCUT2D eigenvalue weighted by Crippen LogP contribution is -2.15. The molecule has 0 aliphatic rings. The van der Waals surface area contributed by atoms with E-state index in [1.54, 1.807) is 16.9 Å². The molecule has 3 heteroatoms. The first kappa shape index (κ1) is 12.6. The molecule has 0 fully saturated rings. The molecule has 0 spiro atoms. The van der Waals surface area contributed by atoms with Crippen LogP contribution in [0.3, 0.4) is 0 Å². The molecule has 3 nitrogen and oxygen atoms in total. The maximum absolute atomic E-state index is 12.4. The van der Waals surface area contributed by atoms with Gasteiger partial charge >= 0.3 is 0 Å². The zero-order valence-electron chi connectivity index (χ0n) is 10.8. The lowest BCUT2D eigenvalue weighted by atomic mass is 9.95. The van der Waals surface area contributed by atoms with Gasteiger partial charge < -0.3 is 0 Å². The second-order valence-electron chi connectivity index (χ2n) is 4.44. The van der Waals surface area contributed by atoms with Crippen LogP contribution in [0, 0.1) is 0 Å². The van der Waals surface area contributed by atoms with E-state index in [2.05, 4.69) is 12.0 Å². The Labute approximate surface area is 107 Å². The summed E-state index contributed by atoms with van der Waals surface area (Å²) in [5, 5.41) is 4.20. The number of aromatic nitrogens is 2. The Balaban J connectivity index is 2.23. The minimum atomic E-state index is -0.126. The number of hydrogen-bond acceptors (Lipinski definition) is 2. The van der Waals surface area contributed by atoms with Gasteiger partial charge in [0.25, 0.3) is 0 Å². The molecule has 0 saturated heterocycles. The van der Waals surface area contributed by atoms with Gasteiger partial charge in [0.1, 0.15) is 5.69 Å². The number of rotatable bonds is 5. The molecule has 2 aromatic rings. The van der Waals surface area contributed by atoms with Crippen LogP contribution in [0.1, 0.15) is 42.2 Å². The number of ketones is 1. The average molecular weight is 242 g/mol. The summed E-state index contributed by atoms with van der Waals surface area (Å²) in [4.78, 5) is 12.4. The van der Waals surface area contributed by atoms with Crippen molar-refractivity contribution >= 4 is 5.78 Å². The van der Waals surface area contributed by atoms with Crippen LogP contribution < -0.4 is 0 Å². The van der Waals surface area contributed by atoms with E-state index in [1.807, 2.05) is 37.3 Å². The quantitative estimate of drug-likeness (QED) is 0.754. The van der Waals surface area contributed by atoms with Crippen LogP contribution in [0.4, 0.5) is 0 Å². The highest BCUT2D eigenvalue weighted by Gasteiger charge is 2.20. The lowest BCUT2D eigenvalue weighted by molar-refractivity contribution is 0.0955. The summed E-state index contributed by atoms with van der Waals surface area (Å²) in [6.45, 7) is 4.81. The van der Waals surface area contributed by atoms with Gasteiger partial charge in [0, 0.05) is 18.7 Å². The Hall–Kier alpha value is -1.90. The van der Waals surface area contributed by atoms with Crippen molar-refractivity contribution in [3.63, 3.8) is 0 Å². The Morgan fingerprint density at radius 1 is 1.28 bits per heavy atom. The van der Waals surface area contributed by atoms with Crippen LogP contribution in [-0.2, 0) is 6.54 Å². The van der Waals surface area contributed by atoms with Crippen molar-refractivity contribution in [2.75, 3.05) is 0 Å². The fourth-order valence-corrected chi connectivity index (χ4v) is 2.05. The second-order valence-corrected chi connectivity index (χ2v) is 4.44. The predicted octanol–water partition coefficient (Wildman–Crippen LogP) is 3.28. The zero-order chi connectivity index (χ0) is 13.0. The number of hydrogen-bond donors (Lipinski definition) is 0. The van der Waals surface area contributed by atoms with Crippen molar-refractivity contribution in [3.05, 3.63) is 53.9 Å². The highest BCUT2D eigenvalue weighted by Crippen LogP contribution is 2.20. The van der Waals surface area contributed by atoms with E-state index in [0.717, 1.165) is 18.5 Å². The van der Waals surface area contributed by atoms with E-state index in [4.69, 9.17) is 0 Å². The van der Waals surface area contributed by atoms with Gasteiger partial charge in [-0.25, -0.2) is 0 Å². The highest BCUT2D eigenvalue weighted by atomic mass is 16.1. The molecule has 1 unspecified atom stereocenters. The molecular weight excluding hydrogens is 224 g/mol. The van der Waals surface area contributed by atoms with Crippen LogP contribution in [0.2, 0.25) is 0 Å². The Morgan fingerprint density at radius 3 is 2.67 bits per heavy atom. The number of benzene rings is 1. The van der Waals surface area contributed by atoms with E-state index in [0.29, 0.717) is 5.69 Å². The molecule has 0 aliphatic carbocycles. The maximum atomic E-state index is 12.4. The lowest BCUT2D eigenvalue weighted by Gasteiger charge is -2.12. The summed E-state index contributed by atoms with van der Waals surface area (Å²) in [5.74, 6) is 0.00524. The number of carbonyl (C=O) groups is 1. The number of carbonyl (C=O) groups excluding carboxylic acids is 1. The summed E-state index contributed by atoms with van der Waals surface area (Å²) in [6, 6.07) is 11.7. The van der Waals surface area contributed by atoms with Gasteiger partial charge in [-0.2, -0.15) is 5.10 Å². The van der Waals surface area contributed by atoms with Gasteiger partial charge in [-0.15, -0.1) is 0 Å². The topological polar surface area (TPSA) is 34.9 Å². The summed E-state index contributed by atoms with van der Waals surface area (Å²) in [6.07, 6.45) is 2.67. The maximum Gasteiger partial charge on any atom is 0.187 e. The molecule has 0 aliphatic heterocycles. The molecule has 1 aromatic carbocycles. The van der Waals surface area contributed by atoms with Crippen molar-refractivity contribution in [2.45, 2.75) is 32.7 Å². The molecule has 94 valence electrons. The summed E-state index contributed by atoms with van der Waals surface area (Å²) in [5.41, 5.74) is 1.75. The van der Waals surface area contributed by atoms with Crippen LogP contribution in [-0.4, -0.2) is 15.6 Å². The van der Waals surface area contributed by atoms with E-state index in [-0.39, 0.29) is 11.7 Å². The first-order valence-electron chi connectivity index (χ1n) is 6.35. The third-order valence-corrected chi connectivity index (χ3v) is 3.10. The van der Waals surface area contributed by atoms with Crippen molar-refractivity contribution in [1.82, 2.24) is 9.78 Å². The van der Waals surface area contributed by atoms with E-state index in [9.17, 15) is 4.79 Å². The monoisotopic (exact) mass is 242 g/mol. The van der Waals surface area contributed by atoms with E-state index >= 15 is 0 Å². The minimum Gasteiger partial charge on any atom is -0.292 e. The summed E-state index contributed by atoms with van der Waals surface area (Å²) >= 11 is 0. The van der Waals surface area contributed by atoms with Crippen molar-refractivity contribution < 1.29 is 4.79 Å². The molecule has 1 atom stereocenters. The van der Waals surface area contributed by atoms with Gasteiger partial charge in [0.2, 0.25) is 0 Å². The number of nitrogens with zero attached hydrogens (tertiary/aromatic N) is 2. The van der Waals surface area contributed by atoms with Crippen molar-refractivity contribution in [2.24, 2.45) is 0 Å². The first-order chi connectivity index (χ1) is 8.74. The fourth-order valence-electron chi connectivity index (χ4n) is 2.05. The molecule has 1 aromatic heterocycles. The molecule has 0 N–H and O–H groups in total. The molecule has 0 bridgehead atoms. The van der Waals surface area contributed by atoms with Gasteiger partial charge in [0.05, 0.1) is 0 Å². The van der Waals surface area contributed by atoms with Crippen molar-refractivity contribution in [1.29, 1.82) is 0 Å². The Morgan fingerprint density at radius 2 is 2.00 bits per heavy atom. The SMILES string of the molecule is CCCn1nccc1C(=O)C(C)c1ccccc1. The highest BCUT2D eigenvalue weighted by molar-refractivity contribution is 5.99. The van der Waals surface area contributed by atoms with Crippen LogP contribution in [0.15, 0.2) is 42.6 Å². The first-order valence-corrected chi connectivity index (χ1v) is 6.35. The predicted molar refractivity (Wildman–Crippen MR) is 71.7 cm³/mol.